The average Bonchev–Trinajstić information content (AvgIpc) is 2.94. The number of unbranched alkanes of at least 4 members (excludes halogenated alkanes) is 12. The van der Waals surface area contributed by atoms with E-state index in [-0.39, 0.29) is 12.2 Å². The first-order valence-corrected chi connectivity index (χ1v) is 18.8. The largest absolute Gasteiger partial charge is 0.352 e. The molecule has 0 aliphatic rings. The van der Waals surface area contributed by atoms with Crippen LogP contribution in [0.3, 0.4) is 0 Å². The van der Waals surface area contributed by atoms with Gasteiger partial charge in [0.1, 0.15) is 13.6 Å². The Morgan fingerprint density at radius 1 is 0.462 bits per heavy atom. The summed E-state index contributed by atoms with van der Waals surface area (Å²) >= 11 is 6.99. The van der Waals surface area contributed by atoms with Crippen LogP contribution in [0.15, 0.2) is 24.3 Å². The van der Waals surface area contributed by atoms with Crippen molar-refractivity contribution >= 4 is 31.9 Å². The highest BCUT2D eigenvalue weighted by molar-refractivity contribution is 9.09. The lowest BCUT2D eigenvalue weighted by molar-refractivity contribution is -0.167. The van der Waals surface area contributed by atoms with Crippen molar-refractivity contribution in [1.82, 2.24) is 0 Å². The normalized spacial score (nSPS) is 13.6. The molecule has 0 spiro atoms. The third-order valence-electron chi connectivity index (χ3n) is 7.23. The molecule has 0 saturated heterocycles. The fraction of sp³-hybridized carbons (Fsp3) is 0.882. The summed E-state index contributed by atoms with van der Waals surface area (Å²) < 4.78 is 18.2. The predicted octanol–water partition coefficient (Wildman–Crippen LogP) is 12.2. The van der Waals surface area contributed by atoms with Gasteiger partial charge >= 0.3 is 0 Å². The average molecular weight is 681 g/mol. The third-order valence-corrected chi connectivity index (χ3v) is 8.14. The second-order valence-corrected chi connectivity index (χ2v) is 12.5. The maximum atomic E-state index is 6.19. The third kappa shape index (κ3) is 31.1. The molecule has 0 amide bonds. The Bertz CT molecular complexity index is 469. The Morgan fingerprint density at radius 2 is 0.821 bits per heavy atom. The zero-order valence-corrected chi connectivity index (χ0v) is 29.0. The Morgan fingerprint density at radius 3 is 1.21 bits per heavy atom. The number of ether oxygens (including phenoxy) is 3. The molecule has 0 rings (SSSR count). The Balaban J connectivity index is 4.35. The maximum Gasteiger partial charge on any atom is 0.149 e. The van der Waals surface area contributed by atoms with E-state index in [0.29, 0.717) is 13.6 Å². The van der Waals surface area contributed by atoms with Crippen LogP contribution in [-0.4, -0.2) is 36.5 Å². The molecule has 0 radical (unpaired) electrons. The first kappa shape index (κ1) is 39.3. The molecule has 39 heavy (non-hydrogen) atoms. The van der Waals surface area contributed by atoms with Crippen molar-refractivity contribution in [2.45, 2.75) is 167 Å². The van der Waals surface area contributed by atoms with Crippen LogP contribution in [0.25, 0.3) is 0 Å². The minimum Gasteiger partial charge on any atom is -0.352 e. The molecular weight excluding hydrogens is 616 g/mol. The Hall–Kier alpha value is 0.320. The molecule has 3 nitrogen and oxygen atoms in total. The van der Waals surface area contributed by atoms with Gasteiger partial charge in [0.05, 0.1) is 12.2 Å². The van der Waals surface area contributed by atoms with Gasteiger partial charge in [-0.25, -0.2) is 0 Å². The van der Waals surface area contributed by atoms with Gasteiger partial charge in [-0.2, -0.15) is 0 Å². The SMILES string of the molecule is CCCCCCCCCC(CC/C=C\CCBr)OCOCOC(CC/C=C\CCBr)CCCCCCCCC. The molecule has 5 heteroatoms. The van der Waals surface area contributed by atoms with E-state index < -0.39 is 0 Å². The van der Waals surface area contributed by atoms with E-state index in [0.717, 1.165) is 62.0 Å². The van der Waals surface area contributed by atoms with Gasteiger partial charge in [0.2, 0.25) is 0 Å². The molecule has 0 aromatic carbocycles. The van der Waals surface area contributed by atoms with Gasteiger partial charge in [0.15, 0.2) is 0 Å². The van der Waals surface area contributed by atoms with Crippen molar-refractivity contribution in [2.24, 2.45) is 0 Å². The number of allylic oxidation sites excluding steroid dienone is 4. The molecule has 0 aromatic heterocycles. The number of hydrogen-bond donors (Lipinski definition) is 0. The van der Waals surface area contributed by atoms with Crippen LogP contribution in [0, 0.1) is 0 Å². The standard InChI is InChI=1S/C34H64Br2O3/c1-3-5-7-9-11-13-19-25-33(27-21-15-17-23-29-35)38-31-37-32-39-34(28-22-16-18-24-30-36)26-20-14-12-10-8-6-4-2/h15-18,33-34H,3-14,19-32H2,1-2H3/b17-15-,18-16-. The van der Waals surface area contributed by atoms with Gasteiger partial charge < -0.3 is 14.2 Å². The first-order valence-electron chi connectivity index (χ1n) is 16.5. The fourth-order valence-corrected chi connectivity index (χ4v) is 5.29. The fourth-order valence-electron chi connectivity index (χ4n) is 4.76. The summed E-state index contributed by atoms with van der Waals surface area (Å²) in [6, 6.07) is 0. The first-order chi connectivity index (χ1) is 19.3. The Kier molecular flexibility index (Phi) is 34.8. The topological polar surface area (TPSA) is 27.7 Å². The maximum absolute atomic E-state index is 6.19. The van der Waals surface area contributed by atoms with Crippen molar-refractivity contribution in [3.8, 4) is 0 Å². The molecule has 2 unspecified atom stereocenters. The van der Waals surface area contributed by atoms with Crippen LogP contribution in [0.1, 0.15) is 155 Å². The quantitative estimate of drug-likeness (QED) is 0.0306. The molecule has 0 aliphatic carbocycles. The van der Waals surface area contributed by atoms with E-state index in [2.05, 4.69) is 70.0 Å². The summed E-state index contributed by atoms with van der Waals surface area (Å²) in [5.41, 5.74) is 0. The molecule has 0 N–H and O–H groups in total. The van der Waals surface area contributed by atoms with Gasteiger partial charge in [0.25, 0.3) is 0 Å². The van der Waals surface area contributed by atoms with Crippen molar-refractivity contribution in [3.63, 3.8) is 0 Å². The van der Waals surface area contributed by atoms with Gasteiger partial charge in [-0.3, -0.25) is 0 Å². The van der Waals surface area contributed by atoms with E-state index in [9.17, 15) is 0 Å². The minimum atomic E-state index is 0.275. The highest BCUT2D eigenvalue weighted by Gasteiger charge is 2.11. The summed E-state index contributed by atoms with van der Waals surface area (Å²) in [5.74, 6) is 0. The molecule has 0 aliphatic heterocycles. The summed E-state index contributed by atoms with van der Waals surface area (Å²) in [6.45, 7) is 5.23. The molecule has 0 bridgehead atoms. The van der Waals surface area contributed by atoms with Crippen molar-refractivity contribution in [1.29, 1.82) is 0 Å². The second-order valence-electron chi connectivity index (χ2n) is 10.9. The van der Waals surface area contributed by atoms with Crippen molar-refractivity contribution in [2.75, 3.05) is 24.2 Å². The van der Waals surface area contributed by atoms with Crippen LogP contribution in [0.2, 0.25) is 0 Å². The monoisotopic (exact) mass is 678 g/mol. The summed E-state index contributed by atoms with van der Waals surface area (Å²) in [5, 5.41) is 2.06. The van der Waals surface area contributed by atoms with Crippen molar-refractivity contribution < 1.29 is 14.2 Å². The number of halogens is 2. The number of rotatable bonds is 32. The number of alkyl halides is 2. The zero-order valence-electron chi connectivity index (χ0n) is 25.8. The van der Waals surface area contributed by atoms with E-state index in [4.69, 9.17) is 14.2 Å². The summed E-state index contributed by atoms with van der Waals surface area (Å²) in [7, 11) is 0. The van der Waals surface area contributed by atoms with E-state index in [1.807, 2.05) is 0 Å². The predicted molar refractivity (Wildman–Crippen MR) is 179 cm³/mol. The minimum absolute atomic E-state index is 0.275. The lowest BCUT2D eigenvalue weighted by Crippen LogP contribution is -2.19. The summed E-state index contributed by atoms with van der Waals surface area (Å²) in [4.78, 5) is 0. The lowest BCUT2D eigenvalue weighted by Gasteiger charge is -2.20. The zero-order chi connectivity index (χ0) is 28.5. The molecule has 0 fully saturated rings. The van der Waals surface area contributed by atoms with Gasteiger partial charge in [-0.05, 0) is 51.4 Å². The van der Waals surface area contributed by atoms with Gasteiger partial charge in [-0.15, -0.1) is 0 Å². The second kappa shape index (κ2) is 34.5. The van der Waals surface area contributed by atoms with E-state index in [1.54, 1.807) is 0 Å². The molecule has 232 valence electrons. The van der Waals surface area contributed by atoms with Crippen LogP contribution >= 0.6 is 31.9 Å². The van der Waals surface area contributed by atoms with Crippen LogP contribution in [0.5, 0.6) is 0 Å². The van der Waals surface area contributed by atoms with E-state index in [1.165, 1.54) is 89.9 Å². The Labute approximate surface area is 260 Å². The van der Waals surface area contributed by atoms with Gasteiger partial charge in [-0.1, -0.05) is 160 Å². The summed E-state index contributed by atoms with van der Waals surface area (Å²) in [6.07, 6.45) is 37.2. The molecular formula is C34H64Br2O3. The van der Waals surface area contributed by atoms with Gasteiger partial charge in [0, 0.05) is 10.7 Å². The molecule has 0 aromatic rings. The highest BCUT2D eigenvalue weighted by atomic mass is 79.9. The van der Waals surface area contributed by atoms with Crippen LogP contribution in [0.4, 0.5) is 0 Å². The lowest BCUT2D eigenvalue weighted by atomic mass is 10.0. The van der Waals surface area contributed by atoms with Crippen LogP contribution < -0.4 is 0 Å². The molecule has 0 heterocycles. The molecule has 2 atom stereocenters. The van der Waals surface area contributed by atoms with Crippen LogP contribution in [-0.2, 0) is 14.2 Å². The highest BCUT2D eigenvalue weighted by Crippen LogP contribution is 2.17. The molecule has 0 saturated carbocycles. The van der Waals surface area contributed by atoms with Crippen molar-refractivity contribution in [3.05, 3.63) is 24.3 Å². The smallest absolute Gasteiger partial charge is 0.149 e. The van der Waals surface area contributed by atoms with E-state index >= 15 is 0 Å². The number of hydrogen-bond acceptors (Lipinski definition) is 3.